The van der Waals surface area contributed by atoms with Crippen LogP contribution in [0.15, 0.2) is 29.2 Å². The molecule has 0 spiro atoms. The molecule has 0 radical (unpaired) electrons. The summed E-state index contributed by atoms with van der Waals surface area (Å²) in [6.45, 7) is 1.80. The molecule has 0 amide bonds. The van der Waals surface area contributed by atoms with Gasteiger partial charge in [0.05, 0.1) is 22.8 Å². The SMILES string of the molecule is C[C@H](Nc1ncc(C#N)s1)c1cc2cc(Cl)c(F)cc2[nH]c1=O. The lowest BCUT2D eigenvalue weighted by Gasteiger charge is -2.13. The van der Waals surface area contributed by atoms with Crippen molar-refractivity contribution in [3.8, 4) is 6.07 Å². The van der Waals surface area contributed by atoms with E-state index in [1.807, 2.05) is 6.07 Å². The van der Waals surface area contributed by atoms with Gasteiger partial charge in [-0.15, -0.1) is 0 Å². The van der Waals surface area contributed by atoms with Crippen molar-refractivity contribution in [1.29, 1.82) is 5.26 Å². The summed E-state index contributed by atoms with van der Waals surface area (Å²) in [5.41, 5.74) is 0.527. The van der Waals surface area contributed by atoms with Gasteiger partial charge in [-0.1, -0.05) is 22.9 Å². The summed E-state index contributed by atoms with van der Waals surface area (Å²) in [6.07, 6.45) is 1.47. The molecule has 2 heterocycles. The smallest absolute Gasteiger partial charge is 0.253 e. The maximum Gasteiger partial charge on any atom is 0.253 e. The van der Waals surface area contributed by atoms with Crippen LogP contribution in [0.25, 0.3) is 10.9 Å². The van der Waals surface area contributed by atoms with Crippen molar-refractivity contribution in [1.82, 2.24) is 9.97 Å². The van der Waals surface area contributed by atoms with E-state index in [1.54, 1.807) is 13.0 Å². The molecule has 3 aromatic rings. The lowest BCUT2D eigenvalue weighted by molar-refractivity contribution is 0.629. The molecule has 8 heteroatoms. The first kappa shape index (κ1) is 15.5. The summed E-state index contributed by atoms with van der Waals surface area (Å²) in [5.74, 6) is -0.583. The molecule has 5 nitrogen and oxygen atoms in total. The minimum atomic E-state index is -0.583. The third-order valence-corrected chi connectivity index (χ3v) is 4.46. The van der Waals surface area contributed by atoms with Crippen LogP contribution in [0.3, 0.4) is 0 Å². The molecular weight excluding hydrogens is 339 g/mol. The molecule has 23 heavy (non-hydrogen) atoms. The van der Waals surface area contributed by atoms with Crippen LogP contribution in [0, 0.1) is 17.1 Å². The fraction of sp³-hybridized carbons (Fsp3) is 0.133. The summed E-state index contributed by atoms with van der Waals surface area (Å²) < 4.78 is 13.5. The van der Waals surface area contributed by atoms with Crippen LogP contribution in [0.1, 0.15) is 23.4 Å². The van der Waals surface area contributed by atoms with Crippen LogP contribution >= 0.6 is 22.9 Å². The van der Waals surface area contributed by atoms with Crippen molar-refractivity contribution in [2.75, 3.05) is 5.32 Å². The Morgan fingerprint density at radius 1 is 1.48 bits per heavy atom. The summed E-state index contributed by atoms with van der Waals surface area (Å²) in [7, 11) is 0. The van der Waals surface area contributed by atoms with Gasteiger partial charge in [0.1, 0.15) is 16.8 Å². The van der Waals surface area contributed by atoms with Crippen LogP contribution in [0.5, 0.6) is 0 Å². The van der Waals surface area contributed by atoms with Gasteiger partial charge in [-0.3, -0.25) is 4.79 Å². The van der Waals surface area contributed by atoms with Gasteiger partial charge in [0.2, 0.25) is 0 Å². The van der Waals surface area contributed by atoms with E-state index in [0.29, 0.717) is 26.5 Å². The maximum absolute atomic E-state index is 13.5. The number of aromatic nitrogens is 2. The monoisotopic (exact) mass is 348 g/mol. The van der Waals surface area contributed by atoms with Crippen LogP contribution < -0.4 is 10.9 Å². The van der Waals surface area contributed by atoms with Crippen molar-refractivity contribution in [2.45, 2.75) is 13.0 Å². The Hall–Kier alpha value is -2.43. The van der Waals surface area contributed by atoms with Gasteiger partial charge >= 0.3 is 0 Å². The lowest BCUT2D eigenvalue weighted by atomic mass is 10.1. The molecule has 2 aromatic heterocycles. The number of rotatable bonds is 3. The number of fused-ring (bicyclic) bond motifs is 1. The van der Waals surface area contributed by atoms with Crippen LogP contribution in [-0.2, 0) is 0 Å². The molecule has 2 N–H and O–H groups in total. The molecule has 0 saturated carbocycles. The zero-order valence-electron chi connectivity index (χ0n) is 11.9. The topological polar surface area (TPSA) is 81.6 Å². The zero-order valence-corrected chi connectivity index (χ0v) is 13.4. The van der Waals surface area contributed by atoms with E-state index >= 15 is 0 Å². The van der Waals surface area contributed by atoms with E-state index in [2.05, 4.69) is 15.3 Å². The third-order valence-electron chi connectivity index (χ3n) is 3.34. The van der Waals surface area contributed by atoms with Crippen molar-refractivity contribution >= 4 is 39.0 Å². The van der Waals surface area contributed by atoms with E-state index in [1.165, 1.54) is 29.7 Å². The van der Waals surface area contributed by atoms with Crippen molar-refractivity contribution in [3.05, 3.63) is 56.0 Å². The Bertz CT molecular complexity index is 991. The number of pyridine rings is 1. The average molecular weight is 349 g/mol. The number of nitriles is 1. The fourth-order valence-corrected chi connectivity index (χ4v) is 3.07. The second-order valence-corrected chi connectivity index (χ2v) is 6.35. The zero-order chi connectivity index (χ0) is 16.6. The predicted molar refractivity (Wildman–Crippen MR) is 88.4 cm³/mol. The second-order valence-electron chi connectivity index (χ2n) is 4.91. The number of halogens is 2. The van der Waals surface area contributed by atoms with E-state index in [9.17, 15) is 9.18 Å². The van der Waals surface area contributed by atoms with Crippen LogP contribution in [0.2, 0.25) is 5.02 Å². The fourth-order valence-electron chi connectivity index (χ4n) is 2.19. The highest BCUT2D eigenvalue weighted by molar-refractivity contribution is 7.16. The highest BCUT2D eigenvalue weighted by Gasteiger charge is 2.14. The molecule has 0 aliphatic heterocycles. The largest absolute Gasteiger partial charge is 0.355 e. The van der Waals surface area contributed by atoms with Crippen molar-refractivity contribution in [3.63, 3.8) is 0 Å². The minimum absolute atomic E-state index is 0.00491. The first-order chi connectivity index (χ1) is 11.0. The van der Waals surface area contributed by atoms with E-state index < -0.39 is 5.82 Å². The van der Waals surface area contributed by atoms with E-state index in [-0.39, 0.29) is 16.6 Å². The summed E-state index contributed by atoms with van der Waals surface area (Å²) >= 11 is 6.99. The maximum atomic E-state index is 13.5. The Morgan fingerprint density at radius 2 is 2.26 bits per heavy atom. The van der Waals surface area contributed by atoms with Gasteiger partial charge in [0.15, 0.2) is 5.13 Å². The predicted octanol–water partition coefficient (Wildman–Crippen LogP) is 3.82. The molecule has 0 bridgehead atoms. The number of anilines is 1. The molecule has 0 unspecified atom stereocenters. The number of nitrogens with zero attached hydrogens (tertiary/aromatic N) is 2. The molecule has 1 atom stereocenters. The number of thiazole rings is 1. The summed E-state index contributed by atoms with van der Waals surface area (Å²) in [6, 6.07) is 5.99. The van der Waals surface area contributed by atoms with Crippen molar-refractivity contribution < 1.29 is 4.39 Å². The third kappa shape index (κ3) is 3.04. The summed E-state index contributed by atoms with van der Waals surface area (Å²) in [4.78, 5) is 19.4. The normalized spacial score (nSPS) is 12.1. The lowest BCUT2D eigenvalue weighted by Crippen LogP contribution is -2.19. The average Bonchev–Trinajstić information content (AvgIpc) is 2.96. The quantitative estimate of drug-likeness (QED) is 0.753. The molecule has 0 aliphatic carbocycles. The first-order valence-electron chi connectivity index (χ1n) is 6.62. The number of H-pyrrole nitrogens is 1. The van der Waals surface area contributed by atoms with Gasteiger partial charge in [0, 0.05) is 10.9 Å². The van der Waals surface area contributed by atoms with Crippen molar-refractivity contribution in [2.24, 2.45) is 0 Å². The molecule has 3 rings (SSSR count). The number of hydrogen-bond acceptors (Lipinski definition) is 5. The summed E-state index contributed by atoms with van der Waals surface area (Å²) in [5, 5.41) is 13.1. The number of benzene rings is 1. The molecule has 116 valence electrons. The number of aromatic amines is 1. The Kier molecular flexibility index (Phi) is 4.03. The second kappa shape index (κ2) is 5.99. The van der Waals surface area contributed by atoms with Gasteiger partial charge in [0.25, 0.3) is 5.56 Å². The van der Waals surface area contributed by atoms with Crippen LogP contribution in [-0.4, -0.2) is 9.97 Å². The Balaban J connectivity index is 1.98. The first-order valence-corrected chi connectivity index (χ1v) is 7.82. The van der Waals surface area contributed by atoms with E-state index in [0.717, 1.165) is 0 Å². The highest BCUT2D eigenvalue weighted by Crippen LogP contribution is 2.25. The van der Waals surface area contributed by atoms with Crippen LogP contribution in [0.4, 0.5) is 9.52 Å². The van der Waals surface area contributed by atoms with Gasteiger partial charge in [-0.05, 0) is 25.1 Å². The molecular formula is C15H10ClFN4OS. The molecule has 0 fully saturated rings. The Morgan fingerprint density at radius 3 is 2.96 bits per heavy atom. The Labute approximate surface area is 139 Å². The highest BCUT2D eigenvalue weighted by atomic mass is 35.5. The van der Waals surface area contributed by atoms with Gasteiger partial charge in [-0.2, -0.15) is 5.26 Å². The molecule has 0 aliphatic rings. The van der Waals surface area contributed by atoms with E-state index in [4.69, 9.17) is 16.9 Å². The number of nitrogens with one attached hydrogen (secondary N) is 2. The molecule has 0 saturated heterocycles. The minimum Gasteiger partial charge on any atom is -0.355 e. The van der Waals surface area contributed by atoms with Gasteiger partial charge < -0.3 is 10.3 Å². The standard InChI is InChI=1S/C15H10ClFN4OS/c1-7(20-15-19-6-9(5-18)23-15)10-2-8-3-11(16)12(17)4-13(8)21-14(10)22/h2-4,6-7H,1H3,(H,19,20)(H,21,22)/t7-/m0/s1. The molecule has 1 aromatic carbocycles. The number of hydrogen-bond donors (Lipinski definition) is 2. The van der Waals surface area contributed by atoms with Gasteiger partial charge in [-0.25, -0.2) is 9.37 Å².